The monoisotopic (exact) mass is 396 g/mol. The van der Waals surface area contributed by atoms with E-state index in [1.54, 1.807) is 0 Å². The lowest BCUT2D eigenvalue weighted by atomic mass is 9.80. The number of amides is 2. The van der Waals surface area contributed by atoms with E-state index in [1.807, 2.05) is 4.90 Å². The summed E-state index contributed by atoms with van der Waals surface area (Å²) in [6.07, 6.45) is 6.50. The molecule has 1 aromatic rings. The van der Waals surface area contributed by atoms with Crippen LogP contribution < -0.4 is 5.32 Å². The van der Waals surface area contributed by atoms with Crippen LogP contribution >= 0.6 is 0 Å². The molecule has 0 radical (unpaired) electrons. The molecule has 1 N–H and O–H groups in total. The maximum absolute atomic E-state index is 13.8. The lowest BCUT2D eigenvalue weighted by Gasteiger charge is -2.39. The highest BCUT2D eigenvalue weighted by Crippen LogP contribution is 2.33. The topological polar surface area (TPSA) is 49.4 Å². The number of piperidine rings is 1. The summed E-state index contributed by atoms with van der Waals surface area (Å²) in [5.74, 6) is -4.95. The van der Waals surface area contributed by atoms with E-state index in [1.165, 1.54) is 0 Å². The van der Waals surface area contributed by atoms with Crippen LogP contribution in [0.2, 0.25) is 0 Å². The molecule has 1 aliphatic carbocycles. The summed E-state index contributed by atoms with van der Waals surface area (Å²) >= 11 is 0. The fourth-order valence-corrected chi connectivity index (χ4v) is 4.41. The van der Waals surface area contributed by atoms with Crippen LogP contribution in [-0.2, 0) is 9.59 Å². The quantitative estimate of drug-likeness (QED) is 0.754. The van der Waals surface area contributed by atoms with E-state index >= 15 is 0 Å². The number of likely N-dealkylation sites (tertiary alicyclic amines) is 1. The molecule has 1 unspecified atom stereocenters. The molecule has 2 fully saturated rings. The zero-order valence-corrected chi connectivity index (χ0v) is 16.1. The van der Waals surface area contributed by atoms with E-state index in [9.17, 15) is 22.8 Å². The summed E-state index contributed by atoms with van der Waals surface area (Å²) in [6.45, 7) is 2.92. The Bertz CT molecular complexity index is 733. The summed E-state index contributed by atoms with van der Waals surface area (Å²) in [4.78, 5) is 27.3. The molecule has 0 aromatic heterocycles. The average Bonchev–Trinajstić information content (AvgIpc) is 2.73. The van der Waals surface area contributed by atoms with Crippen LogP contribution in [0.15, 0.2) is 12.1 Å². The third kappa shape index (κ3) is 4.33. The van der Waals surface area contributed by atoms with Crippen LogP contribution in [0.3, 0.4) is 0 Å². The van der Waals surface area contributed by atoms with Crippen molar-refractivity contribution in [3.8, 4) is 0 Å². The third-order valence-electron chi connectivity index (χ3n) is 6.12. The molecule has 2 aliphatic rings. The predicted molar refractivity (Wildman–Crippen MR) is 100 cm³/mol. The number of carbonyl (C=O) groups excluding carboxylic acids is 2. The first-order valence-corrected chi connectivity index (χ1v) is 10.2. The second-order valence-electron chi connectivity index (χ2n) is 7.85. The molecule has 1 aromatic carbocycles. The number of rotatable bonds is 4. The molecule has 4 nitrogen and oxygen atoms in total. The molecule has 1 aliphatic heterocycles. The fourth-order valence-electron chi connectivity index (χ4n) is 4.41. The van der Waals surface area contributed by atoms with Crippen LogP contribution in [-0.4, -0.2) is 29.3 Å². The average molecular weight is 396 g/mol. The fraction of sp³-hybridized carbons (Fsp3) is 0.619. The maximum atomic E-state index is 13.8. The second kappa shape index (κ2) is 8.97. The van der Waals surface area contributed by atoms with Crippen molar-refractivity contribution in [1.29, 1.82) is 0 Å². The highest BCUT2D eigenvalue weighted by Gasteiger charge is 2.35. The van der Waals surface area contributed by atoms with Crippen molar-refractivity contribution < 1.29 is 22.8 Å². The molecular weight excluding hydrogens is 369 g/mol. The van der Waals surface area contributed by atoms with Crippen LogP contribution in [0.5, 0.6) is 0 Å². The molecule has 7 heteroatoms. The van der Waals surface area contributed by atoms with Crippen molar-refractivity contribution in [1.82, 2.24) is 4.90 Å². The van der Waals surface area contributed by atoms with E-state index in [4.69, 9.17) is 0 Å². The Balaban J connectivity index is 1.55. The number of halogens is 3. The van der Waals surface area contributed by atoms with Crippen molar-refractivity contribution in [3.63, 3.8) is 0 Å². The Morgan fingerprint density at radius 2 is 1.68 bits per heavy atom. The van der Waals surface area contributed by atoms with Gasteiger partial charge in [0, 0.05) is 24.4 Å². The Morgan fingerprint density at radius 3 is 2.36 bits per heavy atom. The Hall–Kier alpha value is -2.05. The van der Waals surface area contributed by atoms with E-state index in [0.717, 1.165) is 44.4 Å². The minimum atomic E-state index is -1.60. The van der Waals surface area contributed by atoms with Gasteiger partial charge in [-0.1, -0.05) is 6.92 Å². The normalized spacial score (nSPS) is 25.4. The molecule has 3 rings (SSSR count). The highest BCUT2D eigenvalue weighted by molar-refractivity contribution is 5.93. The van der Waals surface area contributed by atoms with Crippen LogP contribution in [0.25, 0.3) is 0 Å². The van der Waals surface area contributed by atoms with Crippen molar-refractivity contribution in [2.24, 2.45) is 11.8 Å². The Labute approximate surface area is 163 Å². The Morgan fingerprint density at radius 1 is 1.00 bits per heavy atom. The minimum absolute atomic E-state index is 0.0730. The number of nitrogens with one attached hydrogen (secondary N) is 1. The van der Waals surface area contributed by atoms with Gasteiger partial charge in [-0.3, -0.25) is 9.59 Å². The van der Waals surface area contributed by atoms with Crippen molar-refractivity contribution >= 4 is 17.5 Å². The van der Waals surface area contributed by atoms with Gasteiger partial charge in [-0.15, -0.1) is 0 Å². The zero-order chi connectivity index (χ0) is 20.3. The molecule has 1 saturated heterocycles. The smallest absolute Gasteiger partial charge is 0.227 e. The van der Waals surface area contributed by atoms with Gasteiger partial charge in [0.2, 0.25) is 11.8 Å². The Kier molecular flexibility index (Phi) is 6.62. The number of hydrogen-bond donors (Lipinski definition) is 1. The lowest BCUT2D eigenvalue weighted by molar-refractivity contribution is -0.141. The summed E-state index contributed by atoms with van der Waals surface area (Å²) in [5, 5.41) is 2.36. The molecule has 1 saturated carbocycles. The maximum Gasteiger partial charge on any atom is 0.227 e. The molecule has 28 heavy (non-hydrogen) atoms. The molecule has 1 atom stereocenters. The number of benzene rings is 1. The summed E-state index contributed by atoms with van der Waals surface area (Å²) in [7, 11) is 0. The van der Waals surface area contributed by atoms with E-state index < -0.39 is 23.4 Å². The molecule has 1 heterocycles. The molecule has 154 valence electrons. The number of nitrogens with zero attached hydrogens (tertiary/aromatic N) is 1. The SMILES string of the molecule is CCC1CCCCN1C(=O)C1CCC(C(=O)Nc2ccc(F)c(F)c2F)CC1. The molecule has 0 spiro atoms. The standard InChI is InChI=1S/C21H27F3N2O2/c1-2-15-5-3-4-12-26(15)21(28)14-8-6-13(7-9-14)20(27)25-17-11-10-16(22)18(23)19(17)24/h10-11,13-15H,2-9,12H2,1H3,(H,25,27). The molecule has 0 bridgehead atoms. The van der Waals surface area contributed by atoms with Gasteiger partial charge in [0.05, 0.1) is 5.69 Å². The van der Waals surface area contributed by atoms with Crippen LogP contribution in [0.1, 0.15) is 58.3 Å². The van der Waals surface area contributed by atoms with E-state index in [-0.39, 0.29) is 23.4 Å². The van der Waals surface area contributed by atoms with E-state index in [2.05, 4.69) is 12.2 Å². The van der Waals surface area contributed by atoms with E-state index in [0.29, 0.717) is 31.7 Å². The third-order valence-corrected chi connectivity index (χ3v) is 6.12. The van der Waals surface area contributed by atoms with Gasteiger partial charge in [0.1, 0.15) is 0 Å². The van der Waals surface area contributed by atoms with Gasteiger partial charge in [-0.05, 0) is 63.5 Å². The number of anilines is 1. The van der Waals surface area contributed by atoms with Crippen LogP contribution in [0, 0.1) is 29.3 Å². The van der Waals surface area contributed by atoms with Crippen molar-refractivity contribution in [2.45, 2.75) is 64.3 Å². The van der Waals surface area contributed by atoms with Gasteiger partial charge in [0.15, 0.2) is 17.5 Å². The van der Waals surface area contributed by atoms with Gasteiger partial charge in [-0.2, -0.15) is 0 Å². The summed E-state index contributed by atoms with van der Waals surface area (Å²) < 4.78 is 40.1. The summed E-state index contributed by atoms with van der Waals surface area (Å²) in [6, 6.07) is 2.12. The highest BCUT2D eigenvalue weighted by atomic mass is 19.2. The molecule has 2 amide bonds. The van der Waals surface area contributed by atoms with Crippen LogP contribution in [0.4, 0.5) is 18.9 Å². The number of carbonyl (C=O) groups is 2. The number of hydrogen-bond acceptors (Lipinski definition) is 2. The first kappa shape index (κ1) is 20.7. The van der Waals surface area contributed by atoms with Gasteiger partial charge >= 0.3 is 0 Å². The first-order chi connectivity index (χ1) is 13.4. The minimum Gasteiger partial charge on any atom is -0.339 e. The zero-order valence-electron chi connectivity index (χ0n) is 16.1. The predicted octanol–water partition coefficient (Wildman–Crippen LogP) is 4.64. The van der Waals surface area contributed by atoms with Gasteiger partial charge in [0.25, 0.3) is 0 Å². The second-order valence-corrected chi connectivity index (χ2v) is 7.85. The first-order valence-electron chi connectivity index (χ1n) is 10.2. The molecular formula is C21H27F3N2O2. The van der Waals surface area contributed by atoms with Gasteiger partial charge < -0.3 is 10.2 Å². The largest absolute Gasteiger partial charge is 0.339 e. The van der Waals surface area contributed by atoms with Gasteiger partial charge in [-0.25, -0.2) is 13.2 Å². The van der Waals surface area contributed by atoms with Crippen molar-refractivity contribution in [2.75, 3.05) is 11.9 Å². The lowest BCUT2D eigenvalue weighted by Crippen LogP contribution is -2.47. The summed E-state index contributed by atoms with van der Waals surface area (Å²) in [5.41, 5.74) is -0.360. The van der Waals surface area contributed by atoms with Crippen molar-refractivity contribution in [3.05, 3.63) is 29.6 Å².